The minimum absolute atomic E-state index is 0.150. The Balaban J connectivity index is 2.13. The van der Waals surface area contributed by atoms with Crippen molar-refractivity contribution >= 4 is 21.8 Å². The number of rotatable bonds is 11. The zero-order valence-corrected chi connectivity index (χ0v) is 19.4. The quantitative estimate of drug-likeness (QED) is 0.291. The number of carbonyl (C=O) groups is 1. The lowest BCUT2D eigenvalue weighted by Crippen LogP contribution is -2.23. The molecule has 2 aromatic heterocycles. The summed E-state index contributed by atoms with van der Waals surface area (Å²) in [6.45, 7) is 0.569. The second-order valence-electron chi connectivity index (χ2n) is 7.04. The number of benzene rings is 1. The molecule has 0 aliphatic rings. The van der Waals surface area contributed by atoms with Crippen LogP contribution in [0.2, 0.25) is 0 Å². The van der Waals surface area contributed by atoms with Gasteiger partial charge in [0.15, 0.2) is 10.8 Å². The Morgan fingerprint density at radius 3 is 2.54 bits per heavy atom. The molecular formula is C21H22N4O9S. The van der Waals surface area contributed by atoms with Gasteiger partial charge in [-0.05, 0) is 30.7 Å². The lowest BCUT2D eigenvalue weighted by Gasteiger charge is -2.17. The van der Waals surface area contributed by atoms with Gasteiger partial charge in [0, 0.05) is 12.3 Å². The molecule has 0 saturated carbocycles. The summed E-state index contributed by atoms with van der Waals surface area (Å²) >= 11 is 0. The van der Waals surface area contributed by atoms with E-state index in [-0.39, 0.29) is 10.8 Å². The number of methoxy groups -OCH3 is 1. The van der Waals surface area contributed by atoms with Crippen molar-refractivity contribution in [2.24, 2.45) is 0 Å². The normalized spacial score (nSPS) is 12.0. The van der Waals surface area contributed by atoms with Crippen molar-refractivity contribution < 1.29 is 42.7 Å². The number of carboxylic acid groups (broad SMARTS) is 1. The van der Waals surface area contributed by atoms with Gasteiger partial charge in [-0.15, -0.1) is 0 Å². The second-order valence-corrected chi connectivity index (χ2v) is 8.67. The first-order valence-corrected chi connectivity index (χ1v) is 11.5. The van der Waals surface area contributed by atoms with Crippen molar-refractivity contribution in [3.8, 4) is 23.1 Å². The topological polar surface area (TPSA) is 190 Å². The van der Waals surface area contributed by atoms with Gasteiger partial charge in [-0.3, -0.25) is 4.72 Å². The first-order valence-electron chi connectivity index (χ1n) is 9.97. The van der Waals surface area contributed by atoms with Crippen LogP contribution in [0, 0.1) is 6.92 Å². The SMILES string of the molecule is COc1cccc(Oc2c(NS(=O)(=O)c3ccc(C)cn3)nc(C(=O)O)nc2OC[C@H](O)CO)c1. The van der Waals surface area contributed by atoms with E-state index in [1.807, 2.05) is 0 Å². The molecule has 0 saturated heterocycles. The molecule has 0 amide bonds. The molecule has 0 bridgehead atoms. The Kier molecular flexibility index (Phi) is 8.01. The number of aliphatic hydroxyl groups excluding tert-OH is 2. The van der Waals surface area contributed by atoms with E-state index in [0.29, 0.717) is 5.75 Å². The lowest BCUT2D eigenvalue weighted by molar-refractivity contribution is 0.0508. The summed E-state index contributed by atoms with van der Waals surface area (Å²) in [6, 6.07) is 9.00. The van der Waals surface area contributed by atoms with E-state index in [1.54, 1.807) is 19.1 Å². The first kappa shape index (κ1) is 25.6. The highest BCUT2D eigenvalue weighted by atomic mass is 32.2. The summed E-state index contributed by atoms with van der Waals surface area (Å²) in [5.41, 5.74) is 0.722. The molecule has 14 heteroatoms. The summed E-state index contributed by atoms with van der Waals surface area (Å²) in [7, 11) is -2.91. The number of ether oxygens (including phenoxy) is 3. The average Bonchev–Trinajstić information content (AvgIpc) is 2.83. The molecule has 2 heterocycles. The van der Waals surface area contributed by atoms with Crippen LogP contribution >= 0.6 is 0 Å². The number of anilines is 1. The third-order valence-corrected chi connectivity index (χ3v) is 5.55. The number of carboxylic acids is 1. The monoisotopic (exact) mass is 506 g/mol. The predicted octanol–water partition coefficient (Wildman–Crippen LogP) is 1.21. The van der Waals surface area contributed by atoms with E-state index >= 15 is 0 Å². The number of nitrogens with one attached hydrogen (secondary N) is 1. The van der Waals surface area contributed by atoms with Crippen molar-refractivity contribution in [2.45, 2.75) is 18.1 Å². The van der Waals surface area contributed by atoms with Gasteiger partial charge in [-0.2, -0.15) is 18.4 Å². The van der Waals surface area contributed by atoms with Crippen molar-refractivity contribution in [1.82, 2.24) is 15.0 Å². The maximum absolute atomic E-state index is 13.0. The molecule has 0 aliphatic carbocycles. The lowest BCUT2D eigenvalue weighted by atomic mass is 10.3. The molecule has 186 valence electrons. The number of aliphatic hydroxyl groups is 2. The van der Waals surface area contributed by atoms with Crippen LogP contribution < -0.4 is 18.9 Å². The van der Waals surface area contributed by atoms with Crippen molar-refractivity contribution in [3.63, 3.8) is 0 Å². The third kappa shape index (κ3) is 6.53. The number of hydrogen-bond acceptors (Lipinski definition) is 11. The Bertz CT molecular complexity index is 1300. The standard InChI is InChI=1S/C21H22N4O9S/c1-12-6-7-16(22-9-12)35(30,31)25-18-17(34-15-5-3-4-14(8-15)32-2)20(33-11-13(27)10-26)24-19(23-18)21(28)29/h3-9,13,26-27H,10-11H2,1-2H3,(H,28,29)(H,23,24,25)/t13-/m1/s1. The van der Waals surface area contributed by atoms with Crippen LogP contribution in [0.3, 0.4) is 0 Å². The molecule has 1 atom stereocenters. The molecule has 0 aliphatic heterocycles. The Morgan fingerprint density at radius 2 is 1.91 bits per heavy atom. The van der Waals surface area contributed by atoms with E-state index in [4.69, 9.17) is 19.3 Å². The Labute approximate surface area is 200 Å². The molecule has 13 nitrogen and oxygen atoms in total. The van der Waals surface area contributed by atoms with E-state index in [9.17, 15) is 23.4 Å². The van der Waals surface area contributed by atoms with Gasteiger partial charge in [-0.25, -0.2) is 9.78 Å². The van der Waals surface area contributed by atoms with Gasteiger partial charge >= 0.3 is 5.97 Å². The van der Waals surface area contributed by atoms with Gasteiger partial charge in [0.05, 0.1) is 13.7 Å². The van der Waals surface area contributed by atoms with Crippen molar-refractivity contribution in [1.29, 1.82) is 0 Å². The van der Waals surface area contributed by atoms with Crippen LogP contribution in [0.4, 0.5) is 5.82 Å². The fourth-order valence-electron chi connectivity index (χ4n) is 2.59. The zero-order valence-electron chi connectivity index (χ0n) is 18.6. The molecule has 1 aromatic carbocycles. The maximum Gasteiger partial charge on any atom is 0.374 e. The van der Waals surface area contributed by atoms with Gasteiger partial charge < -0.3 is 29.5 Å². The smallest absolute Gasteiger partial charge is 0.374 e. The molecule has 0 radical (unpaired) electrons. The number of aromatic carboxylic acids is 1. The fourth-order valence-corrected chi connectivity index (χ4v) is 3.52. The van der Waals surface area contributed by atoms with E-state index < -0.39 is 58.6 Å². The minimum atomic E-state index is -4.35. The maximum atomic E-state index is 13.0. The summed E-state index contributed by atoms with van der Waals surface area (Å²) in [5.74, 6) is -3.29. The van der Waals surface area contributed by atoms with Crippen LogP contribution in [-0.2, 0) is 10.0 Å². The number of aryl methyl sites for hydroxylation is 1. The van der Waals surface area contributed by atoms with Crippen LogP contribution in [-0.4, -0.2) is 71.1 Å². The van der Waals surface area contributed by atoms with Crippen molar-refractivity contribution in [3.05, 3.63) is 54.0 Å². The van der Waals surface area contributed by atoms with Crippen LogP contribution in [0.1, 0.15) is 16.2 Å². The average molecular weight is 506 g/mol. The van der Waals surface area contributed by atoms with E-state index in [1.165, 1.54) is 37.6 Å². The molecular weight excluding hydrogens is 484 g/mol. The zero-order chi connectivity index (χ0) is 25.6. The molecule has 0 unspecified atom stereocenters. The van der Waals surface area contributed by atoms with E-state index in [0.717, 1.165) is 5.56 Å². The predicted molar refractivity (Wildman–Crippen MR) is 120 cm³/mol. The number of hydrogen-bond donors (Lipinski definition) is 4. The first-order chi connectivity index (χ1) is 16.6. The van der Waals surface area contributed by atoms with Gasteiger partial charge in [0.2, 0.25) is 11.6 Å². The summed E-state index contributed by atoms with van der Waals surface area (Å²) in [4.78, 5) is 23.0. The number of sulfonamides is 1. The molecule has 35 heavy (non-hydrogen) atoms. The molecule has 4 N–H and O–H groups in total. The molecule has 0 spiro atoms. The highest BCUT2D eigenvalue weighted by Gasteiger charge is 2.27. The van der Waals surface area contributed by atoms with Crippen LogP contribution in [0.5, 0.6) is 23.1 Å². The molecule has 3 aromatic rings. The number of aromatic nitrogens is 3. The van der Waals surface area contributed by atoms with Gasteiger partial charge in [0.25, 0.3) is 15.9 Å². The summed E-state index contributed by atoms with van der Waals surface area (Å²) in [6.07, 6.45) is 0.00944. The van der Waals surface area contributed by atoms with Crippen LogP contribution in [0.25, 0.3) is 0 Å². The third-order valence-electron chi connectivity index (χ3n) is 4.30. The van der Waals surface area contributed by atoms with Gasteiger partial charge in [0.1, 0.15) is 24.2 Å². The molecule has 0 fully saturated rings. The second kappa shape index (κ2) is 10.9. The largest absolute Gasteiger partial charge is 0.497 e. The fraction of sp³-hybridized carbons (Fsp3) is 0.238. The minimum Gasteiger partial charge on any atom is -0.497 e. The van der Waals surface area contributed by atoms with Gasteiger partial charge in [-0.1, -0.05) is 12.1 Å². The van der Waals surface area contributed by atoms with Crippen LogP contribution in [0.15, 0.2) is 47.6 Å². The highest BCUT2D eigenvalue weighted by molar-refractivity contribution is 7.92. The summed E-state index contributed by atoms with van der Waals surface area (Å²) in [5, 5.41) is 27.8. The highest BCUT2D eigenvalue weighted by Crippen LogP contribution is 2.38. The number of nitrogens with zero attached hydrogens (tertiary/aromatic N) is 3. The number of pyridine rings is 1. The Hall–Kier alpha value is -4.01. The molecule has 3 rings (SSSR count). The summed E-state index contributed by atoms with van der Waals surface area (Å²) < 4.78 is 44.3. The Morgan fingerprint density at radius 1 is 1.17 bits per heavy atom. The van der Waals surface area contributed by atoms with E-state index in [2.05, 4.69) is 19.7 Å². The van der Waals surface area contributed by atoms with Crippen molar-refractivity contribution in [2.75, 3.05) is 25.0 Å².